The van der Waals surface area contributed by atoms with Crippen molar-refractivity contribution in [3.63, 3.8) is 0 Å². The molecule has 0 spiro atoms. The van der Waals surface area contributed by atoms with Gasteiger partial charge in [0.1, 0.15) is 0 Å². The fraction of sp³-hybridized carbons (Fsp3) is 0.923. The number of hydrogen-bond acceptors (Lipinski definition) is 3. The van der Waals surface area contributed by atoms with Crippen molar-refractivity contribution in [2.24, 2.45) is 11.1 Å². The van der Waals surface area contributed by atoms with E-state index >= 15 is 0 Å². The third-order valence-corrected chi connectivity index (χ3v) is 3.92. The van der Waals surface area contributed by atoms with Crippen LogP contribution in [0, 0.1) is 5.41 Å². The first-order valence-corrected chi connectivity index (χ1v) is 6.59. The number of likely N-dealkylation sites (tertiary alicyclic amines) is 1. The standard InChI is InChI=1S/C13H27N3O/c1-13(11-14)6-9-16(10-7-13)8-4-5-12(17)15(2)3/h4-11,14H2,1-3H3. The van der Waals surface area contributed by atoms with Gasteiger partial charge in [0.05, 0.1) is 0 Å². The molecule has 1 heterocycles. The molecule has 1 rings (SSSR count). The number of nitrogens with two attached hydrogens (primary N) is 1. The van der Waals surface area contributed by atoms with Crippen LogP contribution in [-0.2, 0) is 4.79 Å². The summed E-state index contributed by atoms with van der Waals surface area (Å²) in [4.78, 5) is 15.6. The Bertz CT molecular complexity index is 245. The highest BCUT2D eigenvalue weighted by Gasteiger charge is 2.28. The summed E-state index contributed by atoms with van der Waals surface area (Å²) < 4.78 is 0. The van der Waals surface area contributed by atoms with Crippen LogP contribution in [0.25, 0.3) is 0 Å². The molecular weight excluding hydrogens is 214 g/mol. The second-order valence-corrected chi connectivity index (χ2v) is 5.75. The average molecular weight is 241 g/mol. The lowest BCUT2D eigenvalue weighted by molar-refractivity contribution is -0.128. The second kappa shape index (κ2) is 6.36. The molecular formula is C13H27N3O. The quantitative estimate of drug-likeness (QED) is 0.778. The minimum absolute atomic E-state index is 0.230. The molecule has 0 bridgehead atoms. The Morgan fingerprint density at radius 2 is 1.94 bits per heavy atom. The molecule has 1 aliphatic rings. The van der Waals surface area contributed by atoms with Gasteiger partial charge in [0.2, 0.25) is 5.91 Å². The lowest BCUT2D eigenvalue weighted by atomic mass is 9.80. The maximum Gasteiger partial charge on any atom is 0.222 e. The summed E-state index contributed by atoms with van der Waals surface area (Å²) in [5.41, 5.74) is 6.13. The molecule has 1 fully saturated rings. The van der Waals surface area contributed by atoms with Crippen LogP contribution < -0.4 is 5.73 Å². The van der Waals surface area contributed by atoms with Gasteiger partial charge in [-0.05, 0) is 50.9 Å². The lowest BCUT2D eigenvalue weighted by Gasteiger charge is -2.38. The lowest BCUT2D eigenvalue weighted by Crippen LogP contribution is -2.42. The summed E-state index contributed by atoms with van der Waals surface area (Å²) in [5.74, 6) is 0.230. The predicted molar refractivity (Wildman–Crippen MR) is 70.8 cm³/mol. The summed E-state index contributed by atoms with van der Waals surface area (Å²) in [6.45, 7) is 6.37. The zero-order valence-corrected chi connectivity index (χ0v) is 11.5. The van der Waals surface area contributed by atoms with Crippen molar-refractivity contribution >= 4 is 5.91 Å². The fourth-order valence-electron chi connectivity index (χ4n) is 2.20. The average Bonchev–Trinajstić information content (AvgIpc) is 2.31. The van der Waals surface area contributed by atoms with E-state index in [0.29, 0.717) is 11.8 Å². The van der Waals surface area contributed by atoms with E-state index in [2.05, 4.69) is 11.8 Å². The topological polar surface area (TPSA) is 49.6 Å². The minimum atomic E-state index is 0.230. The van der Waals surface area contributed by atoms with Crippen molar-refractivity contribution in [3.05, 3.63) is 0 Å². The summed E-state index contributed by atoms with van der Waals surface area (Å²) in [6.07, 6.45) is 4.00. The van der Waals surface area contributed by atoms with Crippen LogP contribution in [0.15, 0.2) is 0 Å². The molecule has 100 valence electrons. The van der Waals surface area contributed by atoms with Gasteiger partial charge in [-0.1, -0.05) is 6.92 Å². The summed E-state index contributed by atoms with van der Waals surface area (Å²) >= 11 is 0. The maximum absolute atomic E-state index is 11.4. The fourth-order valence-corrected chi connectivity index (χ4v) is 2.20. The molecule has 1 amide bonds. The predicted octanol–water partition coefficient (Wildman–Crippen LogP) is 0.916. The molecule has 0 aliphatic carbocycles. The Hall–Kier alpha value is -0.610. The molecule has 0 aromatic heterocycles. The van der Waals surface area contributed by atoms with E-state index in [1.165, 1.54) is 12.8 Å². The SMILES string of the molecule is CN(C)C(=O)CCCN1CCC(C)(CN)CC1. The van der Waals surface area contributed by atoms with E-state index in [0.717, 1.165) is 32.6 Å². The van der Waals surface area contributed by atoms with Gasteiger partial charge in [0, 0.05) is 20.5 Å². The van der Waals surface area contributed by atoms with Gasteiger partial charge in [-0.3, -0.25) is 4.79 Å². The van der Waals surface area contributed by atoms with Gasteiger partial charge < -0.3 is 15.5 Å². The van der Waals surface area contributed by atoms with Crippen molar-refractivity contribution in [1.29, 1.82) is 0 Å². The molecule has 4 heteroatoms. The summed E-state index contributed by atoms with van der Waals surface area (Å²) in [6, 6.07) is 0. The van der Waals surface area contributed by atoms with Gasteiger partial charge >= 0.3 is 0 Å². The van der Waals surface area contributed by atoms with Crippen molar-refractivity contribution < 1.29 is 4.79 Å². The normalized spacial score (nSPS) is 20.2. The molecule has 2 N–H and O–H groups in total. The minimum Gasteiger partial charge on any atom is -0.349 e. The van der Waals surface area contributed by atoms with E-state index in [4.69, 9.17) is 5.73 Å². The number of piperidine rings is 1. The van der Waals surface area contributed by atoms with Crippen molar-refractivity contribution in [1.82, 2.24) is 9.80 Å². The number of carbonyl (C=O) groups excluding carboxylic acids is 1. The number of hydrogen-bond donors (Lipinski definition) is 1. The van der Waals surface area contributed by atoms with Crippen molar-refractivity contribution in [2.45, 2.75) is 32.6 Å². The zero-order valence-electron chi connectivity index (χ0n) is 11.5. The number of amides is 1. The highest BCUT2D eigenvalue weighted by atomic mass is 16.2. The van der Waals surface area contributed by atoms with E-state index in [-0.39, 0.29) is 5.91 Å². The van der Waals surface area contributed by atoms with Crippen LogP contribution in [0.4, 0.5) is 0 Å². The first-order valence-electron chi connectivity index (χ1n) is 6.59. The zero-order chi connectivity index (χ0) is 12.9. The molecule has 0 aromatic carbocycles. The molecule has 4 nitrogen and oxygen atoms in total. The van der Waals surface area contributed by atoms with Crippen LogP contribution in [0.2, 0.25) is 0 Å². The molecule has 0 atom stereocenters. The molecule has 17 heavy (non-hydrogen) atoms. The van der Waals surface area contributed by atoms with E-state index in [9.17, 15) is 4.79 Å². The Morgan fingerprint density at radius 1 is 1.35 bits per heavy atom. The third kappa shape index (κ3) is 4.64. The van der Waals surface area contributed by atoms with Crippen LogP contribution in [-0.4, -0.2) is 56.0 Å². The number of rotatable bonds is 5. The largest absolute Gasteiger partial charge is 0.349 e. The van der Waals surface area contributed by atoms with Gasteiger partial charge in [-0.15, -0.1) is 0 Å². The Morgan fingerprint density at radius 3 is 2.41 bits per heavy atom. The number of nitrogens with zero attached hydrogens (tertiary/aromatic N) is 2. The molecule has 1 saturated heterocycles. The van der Waals surface area contributed by atoms with Gasteiger partial charge in [-0.25, -0.2) is 0 Å². The molecule has 0 radical (unpaired) electrons. The first kappa shape index (κ1) is 14.5. The monoisotopic (exact) mass is 241 g/mol. The molecule has 0 unspecified atom stereocenters. The Labute approximate surface area is 105 Å². The number of carbonyl (C=O) groups is 1. The van der Waals surface area contributed by atoms with Crippen LogP contribution in [0.1, 0.15) is 32.6 Å². The highest BCUT2D eigenvalue weighted by Crippen LogP contribution is 2.29. The van der Waals surface area contributed by atoms with E-state index in [1.54, 1.807) is 4.90 Å². The molecule has 1 aliphatic heterocycles. The van der Waals surface area contributed by atoms with Crippen molar-refractivity contribution in [2.75, 3.05) is 40.3 Å². The van der Waals surface area contributed by atoms with E-state index in [1.807, 2.05) is 14.1 Å². The summed E-state index contributed by atoms with van der Waals surface area (Å²) in [7, 11) is 3.63. The van der Waals surface area contributed by atoms with Gasteiger partial charge in [0.25, 0.3) is 0 Å². The maximum atomic E-state index is 11.4. The third-order valence-electron chi connectivity index (χ3n) is 3.92. The van der Waals surface area contributed by atoms with Crippen molar-refractivity contribution in [3.8, 4) is 0 Å². The smallest absolute Gasteiger partial charge is 0.222 e. The van der Waals surface area contributed by atoms with Crippen LogP contribution >= 0.6 is 0 Å². The second-order valence-electron chi connectivity index (χ2n) is 5.75. The van der Waals surface area contributed by atoms with Crippen LogP contribution in [0.3, 0.4) is 0 Å². The van der Waals surface area contributed by atoms with Gasteiger partial charge in [-0.2, -0.15) is 0 Å². The molecule has 0 aromatic rings. The van der Waals surface area contributed by atoms with Gasteiger partial charge in [0.15, 0.2) is 0 Å². The Kier molecular flexibility index (Phi) is 5.40. The molecule has 0 saturated carbocycles. The van der Waals surface area contributed by atoms with E-state index < -0.39 is 0 Å². The first-order chi connectivity index (χ1) is 7.97. The summed E-state index contributed by atoms with van der Waals surface area (Å²) in [5, 5.41) is 0. The Balaban J connectivity index is 2.17. The van der Waals surface area contributed by atoms with Crippen LogP contribution in [0.5, 0.6) is 0 Å². The highest BCUT2D eigenvalue weighted by molar-refractivity contribution is 5.75.